The molecule has 1 aromatic heterocycles. The minimum atomic E-state index is -1.30. The van der Waals surface area contributed by atoms with Crippen molar-refractivity contribution in [3.05, 3.63) is 24.2 Å². The van der Waals surface area contributed by atoms with Gasteiger partial charge in [0.2, 0.25) is 0 Å². The molecule has 0 aliphatic heterocycles. The van der Waals surface area contributed by atoms with E-state index >= 15 is 0 Å². The Balaban J connectivity index is 2.72. The lowest BCUT2D eigenvalue weighted by molar-refractivity contribution is -0.146. The first-order valence-corrected chi connectivity index (χ1v) is 3.89. The molecular weight excluding hydrogens is 172 g/mol. The zero-order valence-electron chi connectivity index (χ0n) is 7.61. The van der Waals surface area contributed by atoms with E-state index in [1.807, 2.05) is 0 Å². The van der Waals surface area contributed by atoms with Crippen molar-refractivity contribution in [3.8, 4) is 0 Å². The highest BCUT2D eigenvalue weighted by Gasteiger charge is 2.29. The van der Waals surface area contributed by atoms with Gasteiger partial charge in [-0.3, -0.25) is 4.79 Å². The van der Waals surface area contributed by atoms with Crippen molar-refractivity contribution in [2.24, 2.45) is 0 Å². The third-order valence-corrected chi connectivity index (χ3v) is 1.77. The second-order valence-corrected chi connectivity index (χ2v) is 3.00. The number of hydrogen-bond acceptors (Lipinski definition) is 4. The molecule has 0 spiro atoms. The molecule has 1 unspecified atom stereocenters. The first-order chi connectivity index (χ1) is 6.06. The van der Waals surface area contributed by atoms with E-state index in [9.17, 15) is 9.90 Å². The fourth-order valence-electron chi connectivity index (χ4n) is 1.03. The van der Waals surface area contributed by atoms with E-state index in [0.717, 1.165) is 0 Å². The van der Waals surface area contributed by atoms with E-state index in [-0.39, 0.29) is 6.42 Å². The highest BCUT2D eigenvalue weighted by Crippen LogP contribution is 2.24. The SMILES string of the molecule is COC(=O)CC(C)(O)c1ccco1. The lowest BCUT2D eigenvalue weighted by atomic mass is 10.00. The molecule has 0 aliphatic rings. The average molecular weight is 184 g/mol. The van der Waals surface area contributed by atoms with Crippen LogP contribution < -0.4 is 0 Å². The number of carbonyl (C=O) groups excluding carboxylic acids is 1. The first kappa shape index (κ1) is 9.80. The van der Waals surface area contributed by atoms with Gasteiger partial charge in [0.15, 0.2) is 0 Å². The van der Waals surface area contributed by atoms with Crippen molar-refractivity contribution >= 4 is 5.97 Å². The van der Waals surface area contributed by atoms with E-state index in [4.69, 9.17) is 4.42 Å². The second kappa shape index (κ2) is 3.62. The maximum absolute atomic E-state index is 10.9. The molecule has 0 aliphatic carbocycles. The number of rotatable bonds is 3. The highest BCUT2D eigenvalue weighted by atomic mass is 16.5. The minimum Gasteiger partial charge on any atom is -0.469 e. The standard InChI is InChI=1S/C9H12O4/c1-9(11,6-8(10)12-2)7-4-3-5-13-7/h3-5,11H,6H2,1-2H3. The Labute approximate surface area is 76.1 Å². The van der Waals surface area contributed by atoms with Crippen molar-refractivity contribution in [1.82, 2.24) is 0 Å². The number of carbonyl (C=O) groups is 1. The zero-order valence-corrected chi connectivity index (χ0v) is 7.61. The Kier molecular flexibility index (Phi) is 2.72. The number of esters is 1. The van der Waals surface area contributed by atoms with Gasteiger partial charge in [-0.2, -0.15) is 0 Å². The molecule has 1 heterocycles. The van der Waals surface area contributed by atoms with Crippen LogP contribution in [0.4, 0.5) is 0 Å². The molecular formula is C9H12O4. The molecule has 1 aromatic rings. The summed E-state index contributed by atoms with van der Waals surface area (Å²) in [7, 11) is 1.28. The van der Waals surface area contributed by atoms with Gasteiger partial charge in [0, 0.05) is 0 Å². The summed E-state index contributed by atoms with van der Waals surface area (Å²) in [5.41, 5.74) is -1.30. The van der Waals surface area contributed by atoms with Crippen LogP contribution in [-0.2, 0) is 15.1 Å². The number of ether oxygens (including phenoxy) is 1. The minimum absolute atomic E-state index is 0.114. The number of aliphatic hydroxyl groups is 1. The molecule has 0 radical (unpaired) electrons. The monoisotopic (exact) mass is 184 g/mol. The van der Waals surface area contributed by atoms with Crippen LogP contribution >= 0.6 is 0 Å². The summed E-state index contributed by atoms with van der Waals surface area (Å²) in [5.74, 6) is -0.112. The van der Waals surface area contributed by atoms with Crippen LogP contribution in [0.1, 0.15) is 19.1 Å². The lowest BCUT2D eigenvalue weighted by Gasteiger charge is -2.18. The van der Waals surface area contributed by atoms with Gasteiger partial charge in [0.1, 0.15) is 11.4 Å². The van der Waals surface area contributed by atoms with Gasteiger partial charge >= 0.3 is 5.97 Å². The largest absolute Gasteiger partial charge is 0.469 e. The van der Waals surface area contributed by atoms with Crippen LogP contribution in [-0.4, -0.2) is 18.2 Å². The third kappa shape index (κ3) is 2.32. The summed E-state index contributed by atoms with van der Waals surface area (Å²) in [5, 5.41) is 9.78. The summed E-state index contributed by atoms with van der Waals surface area (Å²) in [6, 6.07) is 3.27. The quantitative estimate of drug-likeness (QED) is 0.713. The lowest BCUT2D eigenvalue weighted by Crippen LogP contribution is -2.25. The van der Waals surface area contributed by atoms with Crippen molar-refractivity contribution in [2.75, 3.05) is 7.11 Å². The van der Waals surface area contributed by atoms with Gasteiger partial charge in [0.05, 0.1) is 19.8 Å². The maximum atomic E-state index is 10.9. The molecule has 72 valence electrons. The molecule has 4 nitrogen and oxygen atoms in total. The molecule has 0 bridgehead atoms. The molecule has 0 amide bonds. The van der Waals surface area contributed by atoms with Crippen LogP contribution in [0.25, 0.3) is 0 Å². The molecule has 1 rings (SSSR count). The van der Waals surface area contributed by atoms with Gasteiger partial charge in [-0.15, -0.1) is 0 Å². The van der Waals surface area contributed by atoms with Gasteiger partial charge in [-0.05, 0) is 19.1 Å². The Hall–Kier alpha value is -1.29. The van der Waals surface area contributed by atoms with Crippen LogP contribution in [0, 0.1) is 0 Å². The van der Waals surface area contributed by atoms with Gasteiger partial charge in [-0.1, -0.05) is 0 Å². The second-order valence-electron chi connectivity index (χ2n) is 3.00. The summed E-state index contributed by atoms with van der Waals surface area (Å²) >= 11 is 0. The smallest absolute Gasteiger partial charge is 0.308 e. The van der Waals surface area contributed by atoms with Gasteiger partial charge in [-0.25, -0.2) is 0 Å². The molecule has 13 heavy (non-hydrogen) atoms. The fraction of sp³-hybridized carbons (Fsp3) is 0.444. The Morgan fingerprint density at radius 2 is 2.46 bits per heavy atom. The normalized spacial score (nSPS) is 15.0. The molecule has 0 aromatic carbocycles. The van der Waals surface area contributed by atoms with Crippen molar-refractivity contribution < 1.29 is 19.1 Å². The Morgan fingerprint density at radius 1 is 1.77 bits per heavy atom. The summed E-state index contributed by atoms with van der Waals surface area (Å²) in [4.78, 5) is 10.9. The molecule has 1 atom stereocenters. The summed E-state index contributed by atoms with van der Waals surface area (Å²) in [6.07, 6.45) is 1.33. The molecule has 0 fully saturated rings. The van der Waals surface area contributed by atoms with Crippen LogP contribution in [0.3, 0.4) is 0 Å². The Morgan fingerprint density at radius 3 is 2.92 bits per heavy atom. The Bertz CT molecular complexity index is 274. The summed E-state index contributed by atoms with van der Waals surface area (Å²) in [6.45, 7) is 1.50. The first-order valence-electron chi connectivity index (χ1n) is 3.89. The van der Waals surface area contributed by atoms with E-state index in [2.05, 4.69) is 4.74 Å². The number of furan rings is 1. The molecule has 1 N–H and O–H groups in total. The van der Waals surface area contributed by atoms with Crippen LogP contribution in [0.5, 0.6) is 0 Å². The number of hydrogen-bond donors (Lipinski definition) is 1. The molecule has 4 heteroatoms. The van der Waals surface area contributed by atoms with E-state index in [0.29, 0.717) is 5.76 Å². The highest BCUT2D eigenvalue weighted by molar-refractivity contribution is 5.70. The topological polar surface area (TPSA) is 59.7 Å². The maximum Gasteiger partial charge on any atom is 0.308 e. The number of methoxy groups -OCH3 is 1. The third-order valence-electron chi connectivity index (χ3n) is 1.77. The van der Waals surface area contributed by atoms with E-state index < -0.39 is 11.6 Å². The molecule has 0 saturated carbocycles. The van der Waals surface area contributed by atoms with Crippen LogP contribution in [0.2, 0.25) is 0 Å². The predicted octanol–water partition coefficient (Wildman–Crippen LogP) is 1.05. The van der Waals surface area contributed by atoms with E-state index in [1.165, 1.54) is 20.3 Å². The fourth-order valence-corrected chi connectivity index (χ4v) is 1.03. The van der Waals surface area contributed by atoms with Gasteiger partial charge in [0.25, 0.3) is 0 Å². The van der Waals surface area contributed by atoms with Crippen molar-refractivity contribution in [1.29, 1.82) is 0 Å². The van der Waals surface area contributed by atoms with Crippen LogP contribution in [0.15, 0.2) is 22.8 Å². The van der Waals surface area contributed by atoms with Crippen molar-refractivity contribution in [3.63, 3.8) is 0 Å². The average Bonchev–Trinajstić information content (AvgIpc) is 2.55. The molecule has 0 saturated heterocycles. The van der Waals surface area contributed by atoms with Crippen molar-refractivity contribution in [2.45, 2.75) is 18.9 Å². The van der Waals surface area contributed by atoms with E-state index in [1.54, 1.807) is 12.1 Å². The van der Waals surface area contributed by atoms with Gasteiger partial charge < -0.3 is 14.3 Å². The summed E-state index contributed by atoms with van der Waals surface area (Å²) < 4.78 is 9.43. The predicted molar refractivity (Wildman–Crippen MR) is 44.9 cm³/mol. The zero-order chi connectivity index (χ0) is 9.90.